The number of aryl methyl sites for hydroxylation is 2. The highest BCUT2D eigenvalue weighted by Crippen LogP contribution is 2.26. The average molecular weight is 296 g/mol. The van der Waals surface area contributed by atoms with Gasteiger partial charge in [-0.2, -0.15) is 5.10 Å². The highest BCUT2D eigenvalue weighted by molar-refractivity contribution is 7.80. The van der Waals surface area contributed by atoms with Crippen LogP contribution in [0.2, 0.25) is 0 Å². The van der Waals surface area contributed by atoms with Crippen LogP contribution in [0, 0.1) is 11.6 Å². The number of aromatic nitrogens is 2. The zero-order valence-electron chi connectivity index (χ0n) is 11.1. The van der Waals surface area contributed by atoms with E-state index in [0.717, 1.165) is 17.8 Å². The van der Waals surface area contributed by atoms with Crippen LogP contribution in [0.3, 0.4) is 0 Å². The summed E-state index contributed by atoms with van der Waals surface area (Å²) in [5, 5.41) is 6.93. The van der Waals surface area contributed by atoms with Crippen molar-refractivity contribution in [2.24, 2.45) is 12.8 Å². The molecular formula is C13H14F2N4S. The van der Waals surface area contributed by atoms with Gasteiger partial charge < -0.3 is 11.1 Å². The number of benzene rings is 1. The minimum atomic E-state index is -0.751. The molecule has 0 fully saturated rings. The molecule has 0 spiro atoms. The average Bonchev–Trinajstić information content (AvgIpc) is 2.73. The van der Waals surface area contributed by atoms with Gasteiger partial charge in [0.05, 0.1) is 11.4 Å². The van der Waals surface area contributed by atoms with Crippen LogP contribution in [0.25, 0.3) is 0 Å². The van der Waals surface area contributed by atoms with E-state index in [9.17, 15) is 8.78 Å². The monoisotopic (exact) mass is 296 g/mol. The van der Waals surface area contributed by atoms with Gasteiger partial charge in [0.15, 0.2) is 0 Å². The van der Waals surface area contributed by atoms with Crippen molar-refractivity contribution in [3.05, 3.63) is 41.2 Å². The van der Waals surface area contributed by atoms with Crippen molar-refractivity contribution in [3.8, 4) is 0 Å². The van der Waals surface area contributed by atoms with Crippen LogP contribution < -0.4 is 11.1 Å². The number of hydrogen-bond donors (Lipinski definition) is 2. The van der Waals surface area contributed by atoms with Crippen LogP contribution in [0.5, 0.6) is 0 Å². The summed E-state index contributed by atoms with van der Waals surface area (Å²) >= 11 is 4.71. The lowest BCUT2D eigenvalue weighted by molar-refractivity contribution is 0.590. The normalized spacial score (nSPS) is 10.6. The van der Waals surface area contributed by atoms with Crippen molar-refractivity contribution in [1.29, 1.82) is 0 Å². The standard InChI is InChI=1S/C13H14F2N4S/c1-3-10-11(6-19(2)18-10)17-12-8(14)4-7(13(16)20)5-9(12)15/h4-6,17H,3H2,1-2H3,(H2,16,20). The Hall–Kier alpha value is -2.02. The minimum Gasteiger partial charge on any atom is -0.389 e. The molecule has 0 saturated heterocycles. The Labute approximate surface area is 120 Å². The number of hydrogen-bond acceptors (Lipinski definition) is 3. The van der Waals surface area contributed by atoms with E-state index in [1.54, 1.807) is 17.9 Å². The van der Waals surface area contributed by atoms with Crippen LogP contribution in [-0.2, 0) is 13.5 Å². The molecular weight excluding hydrogens is 282 g/mol. The maximum Gasteiger partial charge on any atom is 0.150 e. The third kappa shape index (κ3) is 2.77. The molecule has 1 aromatic carbocycles. The molecule has 0 saturated carbocycles. The summed E-state index contributed by atoms with van der Waals surface area (Å²) in [6.07, 6.45) is 2.32. The van der Waals surface area contributed by atoms with Gasteiger partial charge in [-0.15, -0.1) is 0 Å². The molecule has 0 aliphatic heterocycles. The minimum absolute atomic E-state index is 0.0509. The van der Waals surface area contributed by atoms with Crippen molar-refractivity contribution in [2.45, 2.75) is 13.3 Å². The molecule has 0 bridgehead atoms. The quantitative estimate of drug-likeness (QED) is 0.852. The molecule has 1 aromatic heterocycles. The molecule has 2 rings (SSSR count). The number of rotatable bonds is 4. The van der Waals surface area contributed by atoms with Gasteiger partial charge in [0.1, 0.15) is 22.3 Å². The van der Waals surface area contributed by atoms with Gasteiger partial charge in [0, 0.05) is 18.8 Å². The van der Waals surface area contributed by atoms with Gasteiger partial charge in [-0.3, -0.25) is 4.68 Å². The van der Waals surface area contributed by atoms with Crippen LogP contribution in [0.1, 0.15) is 18.2 Å². The topological polar surface area (TPSA) is 55.9 Å². The molecule has 7 heteroatoms. The van der Waals surface area contributed by atoms with E-state index in [1.165, 1.54) is 0 Å². The van der Waals surface area contributed by atoms with Crippen molar-refractivity contribution in [3.63, 3.8) is 0 Å². The molecule has 1 heterocycles. The van der Waals surface area contributed by atoms with Crippen LogP contribution >= 0.6 is 12.2 Å². The summed E-state index contributed by atoms with van der Waals surface area (Å²) in [6.45, 7) is 1.91. The number of halogens is 2. The zero-order valence-corrected chi connectivity index (χ0v) is 11.9. The molecule has 0 unspecified atom stereocenters. The van der Waals surface area contributed by atoms with Gasteiger partial charge >= 0.3 is 0 Å². The van der Waals surface area contributed by atoms with Crippen molar-refractivity contribution < 1.29 is 8.78 Å². The Morgan fingerprint density at radius 2 is 2.00 bits per heavy atom. The predicted octanol–water partition coefficient (Wildman–Crippen LogP) is 2.64. The fourth-order valence-corrected chi connectivity index (χ4v) is 1.99. The third-order valence-corrected chi connectivity index (χ3v) is 3.06. The lowest BCUT2D eigenvalue weighted by Gasteiger charge is -2.10. The third-order valence-electron chi connectivity index (χ3n) is 2.83. The largest absolute Gasteiger partial charge is 0.389 e. The molecule has 2 aromatic rings. The zero-order chi connectivity index (χ0) is 14.9. The summed E-state index contributed by atoms with van der Waals surface area (Å²) in [5.41, 5.74) is 6.57. The van der Waals surface area contributed by atoms with Gasteiger partial charge in [-0.1, -0.05) is 19.1 Å². The van der Waals surface area contributed by atoms with Crippen LogP contribution in [0.15, 0.2) is 18.3 Å². The Morgan fingerprint density at radius 1 is 1.40 bits per heavy atom. The number of nitrogens with zero attached hydrogens (tertiary/aromatic N) is 2. The number of thiocarbonyl (C=S) groups is 1. The molecule has 0 atom stereocenters. The summed E-state index contributed by atoms with van der Waals surface area (Å²) in [4.78, 5) is -0.0509. The fourth-order valence-electron chi connectivity index (χ4n) is 1.87. The Bertz CT molecular complexity index is 643. The van der Waals surface area contributed by atoms with Crippen molar-refractivity contribution in [2.75, 3.05) is 5.32 Å². The van der Waals surface area contributed by atoms with E-state index >= 15 is 0 Å². The van der Waals surface area contributed by atoms with E-state index < -0.39 is 11.6 Å². The van der Waals surface area contributed by atoms with Crippen LogP contribution in [-0.4, -0.2) is 14.8 Å². The van der Waals surface area contributed by atoms with E-state index in [2.05, 4.69) is 10.4 Å². The number of nitrogens with one attached hydrogen (secondary N) is 1. The van der Waals surface area contributed by atoms with Gasteiger partial charge in [-0.05, 0) is 18.6 Å². The highest BCUT2D eigenvalue weighted by Gasteiger charge is 2.15. The second-order valence-electron chi connectivity index (χ2n) is 4.32. The molecule has 20 heavy (non-hydrogen) atoms. The highest BCUT2D eigenvalue weighted by atomic mass is 32.1. The molecule has 4 nitrogen and oxygen atoms in total. The summed E-state index contributed by atoms with van der Waals surface area (Å²) < 4.78 is 29.5. The first kappa shape index (κ1) is 14.4. The van der Waals surface area contributed by atoms with Crippen molar-refractivity contribution >= 4 is 28.6 Å². The maximum absolute atomic E-state index is 14.0. The first-order chi connectivity index (χ1) is 9.42. The first-order valence-electron chi connectivity index (χ1n) is 6.00. The Kier molecular flexibility index (Phi) is 3.99. The van der Waals surface area contributed by atoms with Crippen molar-refractivity contribution in [1.82, 2.24) is 9.78 Å². The SMILES string of the molecule is CCc1nn(C)cc1Nc1c(F)cc(C(N)=S)cc1F. The van der Waals surface area contributed by atoms with E-state index in [0.29, 0.717) is 12.1 Å². The van der Waals surface area contributed by atoms with Gasteiger partial charge in [0.2, 0.25) is 0 Å². The smallest absolute Gasteiger partial charge is 0.150 e. The molecule has 106 valence electrons. The van der Waals surface area contributed by atoms with E-state index in [4.69, 9.17) is 18.0 Å². The number of anilines is 2. The summed E-state index contributed by atoms with van der Waals surface area (Å²) in [6, 6.07) is 2.21. The summed E-state index contributed by atoms with van der Waals surface area (Å²) in [7, 11) is 1.74. The number of nitrogens with two attached hydrogens (primary N) is 1. The Balaban J connectivity index is 2.41. The molecule has 0 aliphatic rings. The first-order valence-corrected chi connectivity index (χ1v) is 6.41. The van der Waals surface area contributed by atoms with E-state index in [-0.39, 0.29) is 16.2 Å². The van der Waals surface area contributed by atoms with Gasteiger partial charge in [0.25, 0.3) is 0 Å². The molecule has 0 radical (unpaired) electrons. The molecule has 0 amide bonds. The predicted molar refractivity (Wildman–Crippen MR) is 78.1 cm³/mol. The lowest BCUT2D eigenvalue weighted by Crippen LogP contribution is -2.11. The summed E-state index contributed by atoms with van der Waals surface area (Å²) in [5.74, 6) is -1.50. The van der Waals surface area contributed by atoms with Crippen LogP contribution in [0.4, 0.5) is 20.2 Å². The second-order valence-corrected chi connectivity index (χ2v) is 4.76. The maximum atomic E-state index is 14.0. The fraction of sp³-hybridized carbons (Fsp3) is 0.231. The lowest BCUT2D eigenvalue weighted by atomic mass is 10.1. The molecule has 3 N–H and O–H groups in total. The Morgan fingerprint density at radius 3 is 2.50 bits per heavy atom. The van der Waals surface area contributed by atoms with E-state index in [1.807, 2.05) is 6.92 Å². The van der Waals surface area contributed by atoms with Gasteiger partial charge in [-0.25, -0.2) is 8.78 Å². The molecule has 0 aliphatic carbocycles. The second kappa shape index (κ2) is 5.54.